The maximum atomic E-state index is 12.6. The van der Waals surface area contributed by atoms with Gasteiger partial charge in [0.1, 0.15) is 0 Å². The molecule has 0 fully saturated rings. The minimum absolute atomic E-state index is 0.0448. The van der Waals surface area contributed by atoms with Crippen LogP contribution < -0.4 is 5.32 Å². The Morgan fingerprint density at radius 2 is 1.96 bits per heavy atom. The summed E-state index contributed by atoms with van der Waals surface area (Å²) < 4.78 is 0. The lowest BCUT2D eigenvalue weighted by Crippen LogP contribution is -2.23. The summed E-state index contributed by atoms with van der Waals surface area (Å²) in [4.78, 5) is 20.3. The molecule has 0 aliphatic heterocycles. The van der Waals surface area contributed by atoms with Crippen molar-refractivity contribution in [2.75, 3.05) is 5.32 Å². The van der Waals surface area contributed by atoms with Gasteiger partial charge in [0.15, 0.2) is 5.16 Å². The molecular formula is C19H20ClN3OS. The number of imidazole rings is 1. The average molecular weight is 374 g/mol. The van der Waals surface area contributed by atoms with Crippen molar-refractivity contribution in [3.63, 3.8) is 0 Å². The number of nitrogens with one attached hydrogen (secondary N) is 2. The van der Waals surface area contributed by atoms with Gasteiger partial charge in [0, 0.05) is 10.7 Å². The predicted octanol–water partition coefficient (Wildman–Crippen LogP) is 5.46. The zero-order valence-electron chi connectivity index (χ0n) is 14.3. The number of hydrogen-bond acceptors (Lipinski definition) is 3. The highest BCUT2D eigenvalue weighted by molar-refractivity contribution is 8.00. The Morgan fingerprint density at radius 1 is 1.20 bits per heavy atom. The van der Waals surface area contributed by atoms with E-state index in [2.05, 4.69) is 29.1 Å². The maximum absolute atomic E-state index is 12.6. The number of nitrogens with zero attached hydrogens (tertiary/aromatic N) is 1. The van der Waals surface area contributed by atoms with Crippen LogP contribution in [0.15, 0.2) is 47.6 Å². The molecule has 25 heavy (non-hydrogen) atoms. The van der Waals surface area contributed by atoms with Crippen molar-refractivity contribution in [1.82, 2.24) is 9.97 Å². The van der Waals surface area contributed by atoms with Crippen LogP contribution in [0.1, 0.15) is 32.3 Å². The summed E-state index contributed by atoms with van der Waals surface area (Å²) in [6.45, 7) is 6.10. The molecule has 3 aromatic rings. The van der Waals surface area contributed by atoms with Gasteiger partial charge in [0.2, 0.25) is 5.91 Å². The predicted molar refractivity (Wildman–Crippen MR) is 106 cm³/mol. The summed E-state index contributed by atoms with van der Waals surface area (Å²) in [6.07, 6.45) is 0. The molecule has 1 aromatic heterocycles. The van der Waals surface area contributed by atoms with E-state index in [-0.39, 0.29) is 11.2 Å². The molecule has 4 nitrogen and oxygen atoms in total. The minimum atomic E-state index is -0.281. The number of para-hydroxylation sites is 1. The molecule has 1 heterocycles. The van der Waals surface area contributed by atoms with E-state index >= 15 is 0 Å². The number of rotatable bonds is 5. The van der Waals surface area contributed by atoms with E-state index in [1.165, 1.54) is 11.8 Å². The summed E-state index contributed by atoms with van der Waals surface area (Å²) >= 11 is 7.39. The highest BCUT2D eigenvalue weighted by Gasteiger charge is 2.18. The van der Waals surface area contributed by atoms with Gasteiger partial charge in [-0.1, -0.05) is 55.4 Å². The van der Waals surface area contributed by atoms with Gasteiger partial charge < -0.3 is 10.3 Å². The zero-order valence-corrected chi connectivity index (χ0v) is 15.9. The third kappa shape index (κ3) is 4.17. The summed E-state index contributed by atoms with van der Waals surface area (Å²) in [7, 11) is 0. The monoisotopic (exact) mass is 373 g/mol. The Hall–Kier alpha value is -1.98. The fraction of sp³-hybridized carbons (Fsp3) is 0.263. The number of fused-ring (bicyclic) bond motifs is 1. The molecule has 0 aliphatic rings. The first-order valence-electron chi connectivity index (χ1n) is 8.15. The molecule has 0 spiro atoms. The number of H-pyrrole nitrogens is 1. The van der Waals surface area contributed by atoms with Gasteiger partial charge in [-0.25, -0.2) is 4.98 Å². The number of anilines is 1. The van der Waals surface area contributed by atoms with Crippen LogP contribution in [-0.2, 0) is 4.79 Å². The highest BCUT2D eigenvalue weighted by Crippen LogP contribution is 2.27. The second kappa shape index (κ2) is 7.50. The fourth-order valence-electron chi connectivity index (χ4n) is 2.58. The molecule has 6 heteroatoms. The highest BCUT2D eigenvalue weighted by atomic mass is 35.5. The quantitative estimate of drug-likeness (QED) is 0.584. The van der Waals surface area contributed by atoms with Crippen molar-refractivity contribution in [2.24, 2.45) is 0 Å². The van der Waals surface area contributed by atoms with E-state index in [9.17, 15) is 4.79 Å². The molecule has 1 atom stereocenters. The van der Waals surface area contributed by atoms with Gasteiger partial charge in [-0.15, -0.1) is 0 Å². The molecule has 0 bridgehead atoms. The molecule has 2 N–H and O–H groups in total. The van der Waals surface area contributed by atoms with Crippen molar-refractivity contribution >= 4 is 46.0 Å². The Labute approximate surface area is 156 Å². The molecule has 0 aliphatic carbocycles. The lowest BCUT2D eigenvalue weighted by Gasteiger charge is -2.15. The second-order valence-corrected chi connectivity index (χ2v) is 7.96. The fourth-order valence-corrected chi connectivity index (χ4v) is 3.58. The average Bonchev–Trinajstić information content (AvgIpc) is 2.96. The normalized spacial score (nSPS) is 12.5. The van der Waals surface area contributed by atoms with E-state index in [0.29, 0.717) is 16.1 Å². The van der Waals surface area contributed by atoms with Crippen molar-refractivity contribution in [2.45, 2.75) is 37.1 Å². The molecule has 0 saturated heterocycles. The number of hydrogen-bond donors (Lipinski definition) is 2. The van der Waals surface area contributed by atoms with Gasteiger partial charge in [-0.2, -0.15) is 0 Å². The number of amides is 1. The van der Waals surface area contributed by atoms with Gasteiger partial charge in [0.25, 0.3) is 0 Å². The van der Waals surface area contributed by atoms with Crippen LogP contribution in [0.5, 0.6) is 0 Å². The smallest absolute Gasteiger partial charge is 0.237 e. The van der Waals surface area contributed by atoms with Crippen LogP contribution in [0.25, 0.3) is 11.0 Å². The van der Waals surface area contributed by atoms with Crippen molar-refractivity contribution < 1.29 is 4.79 Å². The molecule has 0 saturated carbocycles. The summed E-state index contributed by atoms with van der Waals surface area (Å²) in [5, 5.41) is 4.11. The molecular weight excluding hydrogens is 354 g/mol. The largest absolute Gasteiger partial charge is 0.333 e. The molecule has 130 valence electrons. The Bertz CT molecular complexity index is 907. The number of thioether (sulfide) groups is 1. The summed E-state index contributed by atoms with van der Waals surface area (Å²) in [5.41, 5.74) is 3.70. The third-order valence-corrected chi connectivity index (χ3v) is 5.14. The SMILES string of the molecule is CC(Sc1nc2ccc(Cl)cc2[nH]1)C(=O)Nc1ccccc1C(C)C. The van der Waals surface area contributed by atoms with Crippen LogP contribution in [0.2, 0.25) is 5.02 Å². The topological polar surface area (TPSA) is 57.8 Å². The Morgan fingerprint density at radius 3 is 2.72 bits per heavy atom. The van der Waals surface area contributed by atoms with Gasteiger partial charge >= 0.3 is 0 Å². The number of carbonyl (C=O) groups is 1. The lowest BCUT2D eigenvalue weighted by molar-refractivity contribution is -0.115. The van der Waals surface area contributed by atoms with Crippen molar-refractivity contribution in [3.05, 3.63) is 53.1 Å². The number of benzene rings is 2. The second-order valence-electron chi connectivity index (χ2n) is 6.19. The molecule has 1 unspecified atom stereocenters. The molecule has 1 amide bonds. The van der Waals surface area contributed by atoms with E-state index in [4.69, 9.17) is 11.6 Å². The first-order valence-corrected chi connectivity index (χ1v) is 9.41. The summed E-state index contributed by atoms with van der Waals surface area (Å²) in [6, 6.07) is 13.4. The minimum Gasteiger partial charge on any atom is -0.333 e. The van der Waals surface area contributed by atoms with Gasteiger partial charge in [0.05, 0.1) is 16.3 Å². The molecule has 3 rings (SSSR count). The van der Waals surface area contributed by atoms with Gasteiger partial charge in [-0.3, -0.25) is 4.79 Å². The number of aromatic nitrogens is 2. The summed E-state index contributed by atoms with van der Waals surface area (Å²) in [5.74, 6) is 0.302. The van der Waals surface area contributed by atoms with E-state index in [1.807, 2.05) is 43.3 Å². The number of aromatic amines is 1. The molecule has 0 radical (unpaired) electrons. The van der Waals surface area contributed by atoms with Crippen LogP contribution in [0.4, 0.5) is 5.69 Å². The Kier molecular flexibility index (Phi) is 5.35. The maximum Gasteiger partial charge on any atom is 0.237 e. The van der Waals surface area contributed by atoms with Crippen molar-refractivity contribution in [1.29, 1.82) is 0 Å². The van der Waals surface area contributed by atoms with Crippen LogP contribution in [-0.4, -0.2) is 21.1 Å². The zero-order chi connectivity index (χ0) is 18.0. The first kappa shape index (κ1) is 17.8. The molecule has 2 aromatic carbocycles. The van der Waals surface area contributed by atoms with E-state index < -0.39 is 0 Å². The Balaban J connectivity index is 1.72. The number of halogens is 1. The van der Waals surface area contributed by atoms with Crippen LogP contribution in [0.3, 0.4) is 0 Å². The van der Waals surface area contributed by atoms with Gasteiger partial charge in [-0.05, 0) is 42.7 Å². The lowest BCUT2D eigenvalue weighted by atomic mass is 10.0. The van der Waals surface area contributed by atoms with Crippen LogP contribution in [0, 0.1) is 0 Å². The van der Waals surface area contributed by atoms with Crippen LogP contribution >= 0.6 is 23.4 Å². The van der Waals surface area contributed by atoms with E-state index in [1.54, 1.807) is 6.07 Å². The standard InChI is InChI=1S/C19H20ClN3OS/c1-11(2)14-6-4-5-7-15(14)21-18(24)12(3)25-19-22-16-9-8-13(20)10-17(16)23-19/h4-12H,1-3H3,(H,21,24)(H,22,23). The number of carbonyl (C=O) groups excluding carboxylic acids is 1. The van der Waals surface area contributed by atoms with Crippen molar-refractivity contribution in [3.8, 4) is 0 Å². The van der Waals surface area contributed by atoms with E-state index in [0.717, 1.165) is 22.3 Å². The third-order valence-electron chi connectivity index (χ3n) is 3.92. The first-order chi connectivity index (χ1) is 11.9.